The van der Waals surface area contributed by atoms with Crippen molar-refractivity contribution in [2.24, 2.45) is 0 Å². The van der Waals surface area contributed by atoms with Crippen molar-refractivity contribution in [3.05, 3.63) is 96.1 Å². The van der Waals surface area contributed by atoms with Crippen LogP contribution in [0.2, 0.25) is 0 Å². The molecule has 0 aromatic heterocycles. The van der Waals surface area contributed by atoms with Crippen molar-refractivity contribution in [1.29, 1.82) is 0 Å². The van der Waals surface area contributed by atoms with Gasteiger partial charge in [-0.25, -0.2) is 8.42 Å². The van der Waals surface area contributed by atoms with Gasteiger partial charge in [0.25, 0.3) is 10.1 Å². The average Bonchev–Trinajstić information content (AvgIpc) is 3.07. The van der Waals surface area contributed by atoms with Gasteiger partial charge in [-0.2, -0.15) is 8.42 Å². The van der Waals surface area contributed by atoms with E-state index >= 15 is 0 Å². The van der Waals surface area contributed by atoms with Crippen molar-refractivity contribution in [2.75, 3.05) is 0 Å². The quantitative estimate of drug-likeness (QED) is 0.0568. The first-order chi connectivity index (χ1) is 23.9. The Morgan fingerprint density at radius 2 is 1.02 bits per heavy atom. The molecule has 272 valence electrons. The SMILES string of the molecule is CCCCCCCc1c(O)ccc(S(=O)(=O)O)c1Oc1ccccc1.CCCCCCCc1c([O-])ccc(S(=O)(=O)[O-])c1Oc1ccccc1.[Ca+2]. The van der Waals surface area contributed by atoms with Crippen molar-refractivity contribution < 1.29 is 45.6 Å². The maximum atomic E-state index is 12.3. The number of hydrogen-bond donors (Lipinski definition) is 2. The van der Waals surface area contributed by atoms with E-state index in [2.05, 4.69) is 13.8 Å². The molecule has 0 amide bonds. The maximum absolute atomic E-state index is 12.3. The van der Waals surface area contributed by atoms with E-state index in [1.807, 2.05) is 6.07 Å². The second-order valence-electron chi connectivity index (χ2n) is 11.8. The van der Waals surface area contributed by atoms with E-state index in [-0.39, 0.29) is 71.2 Å². The molecule has 0 aliphatic rings. The molecule has 10 nitrogen and oxygen atoms in total. The van der Waals surface area contributed by atoms with Crippen LogP contribution in [0.3, 0.4) is 0 Å². The summed E-state index contributed by atoms with van der Waals surface area (Å²) in [6.45, 7) is 4.25. The molecule has 0 spiro atoms. The minimum atomic E-state index is -4.75. The third-order valence-corrected chi connectivity index (χ3v) is 9.65. The fourth-order valence-corrected chi connectivity index (χ4v) is 6.58. The van der Waals surface area contributed by atoms with Gasteiger partial charge in [0.05, 0.1) is 4.90 Å². The first-order valence-corrected chi connectivity index (χ1v) is 19.8. The fourth-order valence-electron chi connectivity index (χ4n) is 5.31. The van der Waals surface area contributed by atoms with Gasteiger partial charge >= 0.3 is 37.7 Å². The van der Waals surface area contributed by atoms with E-state index in [9.17, 15) is 36.2 Å². The number of rotatable bonds is 18. The van der Waals surface area contributed by atoms with Crippen molar-refractivity contribution >= 4 is 58.0 Å². The first-order valence-electron chi connectivity index (χ1n) is 16.9. The van der Waals surface area contributed by atoms with Crippen LogP contribution in [0.25, 0.3) is 0 Å². The van der Waals surface area contributed by atoms with Gasteiger partial charge in [0, 0.05) is 5.56 Å². The van der Waals surface area contributed by atoms with Crippen molar-refractivity contribution in [2.45, 2.75) is 101 Å². The average molecular weight is 767 g/mol. The zero-order valence-electron chi connectivity index (χ0n) is 29.3. The smallest absolute Gasteiger partial charge is 0.872 e. The molecule has 0 bridgehead atoms. The summed E-state index contributed by atoms with van der Waals surface area (Å²) in [7, 11) is -9.21. The van der Waals surface area contributed by atoms with Gasteiger partial charge < -0.3 is 24.2 Å². The van der Waals surface area contributed by atoms with E-state index in [4.69, 9.17) is 9.47 Å². The predicted octanol–water partition coefficient (Wildman–Crippen LogP) is 8.53. The van der Waals surface area contributed by atoms with Crippen LogP contribution in [-0.2, 0) is 33.1 Å². The van der Waals surface area contributed by atoms with Crippen LogP contribution in [-0.4, -0.2) is 68.8 Å². The fraction of sp³-hybridized carbons (Fsp3) is 0.368. The summed E-state index contributed by atoms with van der Waals surface area (Å²) in [6.07, 6.45) is 11.0. The minimum absolute atomic E-state index is 0. The van der Waals surface area contributed by atoms with Gasteiger partial charge in [-0.1, -0.05) is 108 Å². The third-order valence-electron chi connectivity index (χ3n) is 7.92. The van der Waals surface area contributed by atoms with Crippen molar-refractivity contribution in [3.8, 4) is 34.5 Å². The molecule has 0 saturated carbocycles. The van der Waals surface area contributed by atoms with Crippen LogP contribution in [0.5, 0.6) is 34.5 Å². The van der Waals surface area contributed by atoms with Crippen molar-refractivity contribution in [1.82, 2.24) is 0 Å². The Labute approximate surface area is 332 Å². The molecule has 13 heteroatoms. The summed E-state index contributed by atoms with van der Waals surface area (Å²) >= 11 is 0. The Morgan fingerprint density at radius 1 is 0.588 bits per heavy atom. The third kappa shape index (κ3) is 14.6. The number of benzene rings is 4. The molecule has 0 heterocycles. The van der Waals surface area contributed by atoms with E-state index < -0.39 is 25.1 Å². The molecule has 0 aliphatic heterocycles. The van der Waals surface area contributed by atoms with Gasteiger partial charge in [-0.15, -0.1) is 5.75 Å². The molecule has 4 rings (SSSR count). The molecule has 51 heavy (non-hydrogen) atoms. The summed E-state index contributed by atoms with van der Waals surface area (Å²) in [5.41, 5.74) is 0.646. The summed E-state index contributed by atoms with van der Waals surface area (Å²) in [6, 6.07) is 21.8. The number of para-hydroxylation sites is 2. The van der Waals surface area contributed by atoms with Crippen LogP contribution in [0.15, 0.2) is 94.7 Å². The molecule has 0 unspecified atom stereocenters. The zero-order valence-corrected chi connectivity index (χ0v) is 33.1. The summed E-state index contributed by atoms with van der Waals surface area (Å²) < 4.78 is 79.1. The van der Waals surface area contributed by atoms with E-state index in [0.717, 1.165) is 82.4 Å². The number of hydrogen-bond acceptors (Lipinski definition) is 9. The summed E-state index contributed by atoms with van der Waals surface area (Å²) in [5, 5.41) is 22.5. The number of unbranched alkanes of at least 4 members (excludes halogenated alkanes) is 8. The second kappa shape index (κ2) is 22.3. The predicted molar refractivity (Wildman–Crippen MR) is 195 cm³/mol. The normalized spacial score (nSPS) is 11.2. The van der Waals surface area contributed by atoms with Crippen molar-refractivity contribution in [3.63, 3.8) is 0 Å². The van der Waals surface area contributed by atoms with E-state index in [1.165, 1.54) is 6.07 Å². The number of phenols is 1. The summed E-state index contributed by atoms with van der Waals surface area (Å²) in [5.74, 6) is 0.325. The number of aromatic hydroxyl groups is 1. The molecular formula is C38H46CaO10S2. The van der Waals surface area contributed by atoms with Gasteiger partial charge in [-0.3, -0.25) is 4.55 Å². The first kappa shape index (κ1) is 44.3. The molecular weight excluding hydrogens is 721 g/mol. The second-order valence-corrected chi connectivity index (χ2v) is 14.6. The zero-order chi connectivity index (χ0) is 36.6. The van der Waals surface area contributed by atoms with Crippen LogP contribution in [0.4, 0.5) is 0 Å². The van der Waals surface area contributed by atoms with E-state index in [0.29, 0.717) is 29.9 Å². The monoisotopic (exact) mass is 766 g/mol. The molecule has 4 aromatic rings. The Hall–Kier alpha value is -2.84. The van der Waals surface area contributed by atoms with Crippen LogP contribution >= 0.6 is 0 Å². The molecule has 2 N–H and O–H groups in total. The minimum Gasteiger partial charge on any atom is -0.872 e. The summed E-state index contributed by atoms with van der Waals surface area (Å²) in [4.78, 5) is -0.822. The molecule has 0 atom stereocenters. The van der Waals surface area contributed by atoms with Gasteiger partial charge in [0.2, 0.25) is 0 Å². The maximum Gasteiger partial charge on any atom is 2.00 e. The Balaban J connectivity index is 0.000000347. The Bertz CT molecular complexity index is 1710. The van der Waals surface area contributed by atoms with Crippen LogP contribution in [0.1, 0.15) is 89.2 Å². The Kier molecular flexibility index (Phi) is 19.4. The van der Waals surface area contributed by atoms with Crippen LogP contribution in [0, 0.1) is 0 Å². The number of ether oxygens (including phenoxy) is 2. The molecule has 0 radical (unpaired) electrons. The van der Waals surface area contributed by atoms with Crippen LogP contribution < -0.4 is 14.6 Å². The molecule has 0 saturated heterocycles. The standard InChI is InChI=1S/2C19H24O5S.Ca/c2*1-2-3-4-5-9-12-16-17(20)13-14-18(25(21,22)23)19(16)24-15-10-7-6-8-11-15;/h2*6-8,10-11,13-14,20H,2-5,9,12H2,1H3,(H,21,22,23);/q;;+2/p-2. The topological polar surface area (TPSA) is 173 Å². The molecule has 0 fully saturated rings. The van der Waals surface area contributed by atoms with Gasteiger partial charge in [0.15, 0.2) is 5.75 Å². The molecule has 4 aromatic carbocycles. The Morgan fingerprint density at radius 3 is 1.47 bits per heavy atom. The largest absolute Gasteiger partial charge is 2.00 e. The van der Waals surface area contributed by atoms with E-state index in [1.54, 1.807) is 54.6 Å². The van der Waals surface area contributed by atoms with Gasteiger partial charge in [-0.05, 0) is 73.7 Å². The molecule has 0 aliphatic carbocycles. The number of phenolic OH excluding ortho intramolecular Hbond substituents is 1. The van der Waals surface area contributed by atoms with Gasteiger partial charge in [0.1, 0.15) is 38.0 Å².